The first-order valence-corrected chi connectivity index (χ1v) is 9.54. The molecule has 3 heterocycles. The van der Waals surface area contributed by atoms with Gasteiger partial charge in [-0.3, -0.25) is 9.58 Å². The molecule has 1 aromatic carbocycles. The highest BCUT2D eigenvalue weighted by Crippen LogP contribution is 2.36. The molecule has 1 aromatic heterocycles. The number of ether oxygens (including phenoxy) is 2. The monoisotopic (exact) mass is 353 g/mol. The molecule has 1 unspecified atom stereocenters. The normalized spacial score (nSPS) is 20.2. The number of piperidine rings is 1. The summed E-state index contributed by atoms with van der Waals surface area (Å²) in [6.45, 7) is 3.80. The van der Waals surface area contributed by atoms with E-state index in [9.17, 15) is 0 Å². The van der Waals surface area contributed by atoms with Crippen LogP contribution in [0.25, 0.3) is 6.08 Å². The van der Waals surface area contributed by atoms with E-state index in [0.717, 1.165) is 36.6 Å². The van der Waals surface area contributed by atoms with Gasteiger partial charge in [0.15, 0.2) is 11.5 Å². The Hall–Kier alpha value is -2.27. The number of rotatable bonds is 6. The second kappa shape index (κ2) is 7.96. The zero-order valence-corrected chi connectivity index (χ0v) is 15.4. The van der Waals surface area contributed by atoms with Crippen LogP contribution in [-0.4, -0.2) is 47.5 Å². The number of methoxy groups -OCH3 is 1. The smallest absolute Gasteiger partial charge is 0.168 e. The number of aromatic nitrogens is 2. The van der Waals surface area contributed by atoms with Crippen LogP contribution in [0.4, 0.5) is 0 Å². The van der Waals surface area contributed by atoms with E-state index >= 15 is 0 Å². The Balaban J connectivity index is 1.43. The lowest BCUT2D eigenvalue weighted by atomic mass is 9.97. The molecule has 0 amide bonds. The van der Waals surface area contributed by atoms with E-state index in [-0.39, 0.29) is 0 Å². The van der Waals surface area contributed by atoms with Crippen LogP contribution in [0.5, 0.6) is 11.5 Å². The molecule has 2 aliphatic rings. The van der Waals surface area contributed by atoms with Crippen molar-refractivity contribution in [3.8, 4) is 11.5 Å². The number of hydrogen-bond donors (Lipinski definition) is 0. The average Bonchev–Trinajstić information content (AvgIpc) is 3.20. The molecule has 1 fully saturated rings. The summed E-state index contributed by atoms with van der Waals surface area (Å²) in [5.74, 6) is 1.68. The van der Waals surface area contributed by atoms with E-state index in [1.807, 2.05) is 29.1 Å². The molecule has 5 nitrogen and oxygen atoms in total. The van der Waals surface area contributed by atoms with Gasteiger partial charge in [0.1, 0.15) is 6.61 Å². The lowest BCUT2D eigenvalue weighted by Crippen LogP contribution is -2.42. The highest BCUT2D eigenvalue weighted by Gasteiger charge is 2.24. The first kappa shape index (κ1) is 17.2. The van der Waals surface area contributed by atoms with E-state index in [1.165, 1.54) is 31.4 Å². The minimum Gasteiger partial charge on any atom is -0.493 e. The van der Waals surface area contributed by atoms with Crippen molar-refractivity contribution in [1.29, 1.82) is 0 Å². The summed E-state index contributed by atoms with van der Waals surface area (Å²) in [5, 5.41) is 4.34. The van der Waals surface area contributed by atoms with Gasteiger partial charge in [0, 0.05) is 37.1 Å². The van der Waals surface area contributed by atoms with Crippen molar-refractivity contribution < 1.29 is 9.47 Å². The number of hydrogen-bond acceptors (Lipinski definition) is 4. The molecule has 1 atom stereocenters. The van der Waals surface area contributed by atoms with Crippen molar-refractivity contribution >= 4 is 6.08 Å². The van der Waals surface area contributed by atoms with Gasteiger partial charge in [-0.2, -0.15) is 5.10 Å². The summed E-state index contributed by atoms with van der Waals surface area (Å²) < 4.78 is 13.5. The van der Waals surface area contributed by atoms with Gasteiger partial charge in [0.2, 0.25) is 0 Å². The summed E-state index contributed by atoms with van der Waals surface area (Å²) in [6, 6.07) is 8.69. The van der Waals surface area contributed by atoms with Crippen LogP contribution in [0, 0.1) is 0 Å². The van der Waals surface area contributed by atoms with Crippen LogP contribution in [0.2, 0.25) is 0 Å². The third-order valence-corrected chi connectivity index (χ3v) is 5.40. The molecule has 0 spiro atoms. The summed E-state index contributed by atoms with van der Waals surface area (Å²) in [4.78, 5) is 2.63. The Morgan fingerprint density at radius 3 is 3.08 bits per heavy atom. The van der Waals surface area contributed by atoms with Gasteiger partial charge in [-0.15, -0.1) is 0 Å². The topological polar surface area (TPSA) is 39.5 Å². The molecule has 0 N–H and O–H groups in total. The lowest BCUT2D eigenvalue weighted by Gasteiger charge is -2.37. The molecular formula is C21H27N3O2. The molecule has 0 bridgehead atoms. The van der Waals surface area contributed by atoms with Crippen molar-refractivity contribution in [2.45, 2.75) is 38.3 Å². The Morgan fingerprint density at radius 2 is 2.23 bits per heavy atom. The van der Waals surface area contributed by atoms with Crippen LogP contribution >= 0.6 is 0 Å². The number of aryl methyl sites for hydroxylation is 1. The number of nitrogens with zero attached hydrogens (tertiary/aromatic N) is 3. The first-order valence-electron chi connectivity index (χ1n) is 9.54. The standard InChI is InChI=1S/C21H27N3O2/c1-25-20-8-4-6-18-14-17(16-26-21(18)20)15-23-11-3-2-7-19(23)9-13-24-12-5-10-22-24/h4-6,8,10,12,14,19H,2-3,7,9,11,13,15-16H2,1H3. The Morgan fingerprint density at radius 1 is 1.27 bits per heavy atom. The zero-order valence-electron chi connectivity index (χ0n) is 15.4. The van der Waals surface area contributed by atoms with Gasteiger partial charge in [-0.05, 0) is 49.6 Å². The molecule has 2 aromatic rings. The van der Waals surface area contributed by atoms with Crippen LogP contribution in [-0.2, 0) is 6.54 Å². The van der Waals surface area contributed by atoms with E-state index in [4.69, 9.17) is 9.47 Å². The quantitative estimate of drug-likeness (QED) is 0.795. The van der Waals surface area contributed by atoms with Gasteiger partial charge < -0.3 is 9.47 Å². The van der Waals surface area contributed by atoms with Gasteiger partial charge in [0.05, 0.1) is 7.11 Å². The Kier molecular flexibility index (Phi) is 5.25. The first-order chi connectivity index (χ1) is 12.8. The molecule has 5 heteroatoms. The summed E-state index contributed by atoms with van der Waals surface area (Å²) in [5.41, 5.74) is 2.47. The minimum atomic E-state index is 0.626. The van der Waals surface area contributed by atoms with Crippen molar-refractivity contribution in [3.63, 3.8) is 0 Å². The van der Waals surface area contributed by atoms with Crippen molar-refractivity contribution in [2.75, 3.05) is 26.8 Å². The molecule has 1 saturated heterocycles. The number of para-hydroxylation sites is 1. The second-order valence-corrected chi connectivity index (χ2v) is 7.15. The molecule has 4 rings (SSSR count). The molecule has 138 valence electrons. The largest absolute Gasteiger partial charge is 0.493 e. The second-order valence-electron chi connectivity index (χ2n) is 7.15. The van der Waals surface area contributed by atoms with Gasteiger partial charge in [0.25, 0.3) is 0 Å². The fourth-order valence-corrected chi connectivity index (χ4v) is 4.05. The SMILES string of the molecule is COc1cccc2c1OCC(CN1CCCCC1CCn1cccn1)=C2. The number of benzene rings is 1. The zero-order chi connectivity index (χ0) is 17.8. The Labute approximate surface area is 155 Å². The highest BCUT2D eigenvalue weighted by atomic mass is 16.5. The van der Waals surface area contributed by atoms with E-state index in [1.54, 1.807) is 7.11 Å². The van der Waals surface area contributed by atoms with Crippen LogP contribution in [0.15, 0.2) is 42.2 Å². The van der Waals surface area contributed by atoms with E-state index in [2.05, 4.69) is 28.3 Å². The fourth-order valence-electron chi connectivity index (χ4n) is 4.05. The predicted molar refractivity (Wildman–Crippen MR) is 103 cm³/mol. The minimum absolute atomic E-state index is 0.626. The average molecular weight is 353 g/mol. The number of likely N-dealkylation sites (tertiary alicyclic amines) is 1. The van der Waals surface area contributed by atoms with Gasteiger partial charge in [-0.1, -0.05) is 18.6 Å². The van der Waals surface area contributed by atoms with Gasteiger partial charge >= 0.3 is 0 Å². The van der Waals surface area contributed by atoms with E-state index in [0.29, 0.717) is 12.6 Å². The molecule has 2 aliphatic heterocycles. The van der Waals surface area contributed by atoms with Crippen LogP contribution in [0.3, 0.4) is 0 Å². The molecule has 0 aliphatic carbocycles. The van der Waals surface area contributed by atoms with Crippen LogP contribution in [0.1, 0.15) is 31.2 Å². The third-order valence-electron chi connectivity index (χ3n) is 5.40. The summed E-state index contributed by atoms with van der Waals surface area (Å²) >= 11 is 0. The van der Waals surface area contributed by atoms with Crippen molar-refractivity contribution in [2.24, 2.45) is 0 Å². The predicted octanol–water partition coefficient (Wildman–Crippen LogP) is 3.61. The van der Waals surface area contributed by atoms with E-state index < -0.39 is 0 Å². The third kappa shape index (κ3) is 3.78. The lowest BCUT2D eigenvalue weighted by molar-refractivity contribution is 0.143. The maximum absolute atomic E-state index is 6.02. The summed E-state index contributed by atoms with van der Waals surface area (Å²) in [7, 11) is 1.69. The van der Waals surface area contributed by atoms with Crippen LogP contribution < -0.4 is 9.47 Å². The summed E-state index contributed by atoms with van der Waals surface area (Å²) in [6.07, 6.45) is 11.2. The molecule has 26 heavy (non-hydrogen) atoms. The Bertz CT molecular complexity index is 755. The van der Waals surface area contributed by atoms with Crippen molar-refractivity contribution in [3.05, 3.63) is 47.8 Å². The maximum atomic E-state index is 6.02. The van der Waals surface area contributed by atoms with Gasteiger partial charge in [-0.25, -0.2) is 0 Å². The molecular weight excluding hydrogens is 326 g/mol. The van der Waals surface area contributed by atoms with Crippen molar-refractivity contribution in [1.82, 2.24) is 14.7 Å². The maximum Gasteiger partial charge on any atom is 0.168 e. The number of fused-ring (bicyclic) bond motifs is 1. The fraction of sp³-hybridized carbons (Fsp3) is 0.476. The highest BCUT2D eigenvalue weighted by molar-refractivity contribution is 5.66. The molecule has 0 radical (unpaired) electrons. The molecule has 0 saturated carbocycles.